The monoisotopic (exact) mass is 497 g/mol. The van der Waals surface area contributed by atoms with Crippen LogP contribution in [0.5, 0.6) is 5.75 Å². The zero-order valence-electron chi connectivity index (χ0n) is 19.0. The van der Waals surface area contributed by atoms with E-state index in [1.165, 1.54) is 11.8 Å². The van der Waals surface area contributed by atoms with Crippen molar-refractivity contribution < 1.29 is 19.1 Å². The fourth-order valence-electron chi connectivity index (χ4n) is 3.74. The number of hydrogen-bond acceptors (Lipinski definition) is 7. The summed E-state index contributed by atoms with van der Waals surface area (Å²) in [6.45, 7) is 5.57. The molecule has 2 aliphatic heterocycles. The third-order valence-electron chi connectivity index (χ3n) is 5.33. The van der Waals surface area contributed by atoms with Crippen LogP contribution in [0.15, 0.2) is 70.3 Å². The average molecular weight is 498 g/mol. The van der Waals surface area contributed by atoms with Gasteiger partial charge in [-0.2, -0.15) is 0 Å². The molecular formula is C25H24ClN3O4S. The van der Waals surface area contributed by atoms with Crippen LogP contribution in [0.3, 0.4) is 0 Å². The number of aryl methyl sites for hydroxylation is 1. The Kier molecular flexibility index (Phi) is 7.29. The highest BCUT2D eigenvalue weighted by Gasteiger charge is 2.37. The van der Waals surface area contributed by atoms with E-state index in [9.17, 15) is 9.59 Å². The summed E-state index contributed by atoms with van der Waals surface area (Å²) in [4.78, 5) is 31.8. The summed E-state index contributed by atoms with van der Waals surface area (Å²) in [5, 5.41) is 6.08. The number of fused-ring (bicyclic) bond motifs is 1. The Morgan fingerprint density at radius 3 is 2.82 bits per heavy atom. The predicted molar refractivity (Wildman–Crippen MR) is 135 cm³/mol. The maximum atomic E-state index is 12.8. The molecule has 0 saturated heterocycles. The lowest BCUT2D eigenvalue weighted by atomic mass is 9.94. The van der Waals surface area contributed by atoms with E-state index in [1.807, 2.05) is 54.6 Å². The Labute approximate surface area is 207 Å². The number of rotatable bonds is 7. The minimum atomic E-state index is -0.413. The Hall–Kier alpha value is -3.23. The number of aliphatic imine (C=N–C) groups is 1. The molecule has 0 saturated carbocycles. The van der Waals surface area contributed by atoms with Crippen LogP contribution < -0.4 is 10.1 Å². The van der Waals surface area contributed by atoms with Crippen molar-refractivity contribution in [3.8, 4) is 5.75 Å². The topological polar surface area (TPSA) is 80.2 Å². The fourth-order valence-corrected chi connectivity index (χ4v) is 4.70. The highest BCUT2D eigenvalue weighted by Crippen LogP contribution is 2.41. The van der Waals surface area contributed by atoms with Gasteiger partial charge in [0.1, 0.15) is 5.75 Å². The van der Waals surface area contributed by atoms with Crippen LogP contribution in [-0.4, -0.2) is 35.2 Å². The summed E-state index contributed by atoms with van der Waals surface area (Å²) in [7, 11) is 0. The van der Waals surface area contributed by atoms with E-state index in [2.05, 4.69) is 10.3 Å². The molecule has 1 amide bonds. The van der Waals surface area contributed by atoms with Crippen molar-refractivity contribution in [3.63, 3.8) is 0 Å². The van der Waals surface area contributed by atoms with E-state index >= 15 is 0 Å². The second kappa shape index (κ2) is 10.4. The summed E-state index contributed by atoms with van der Waals surface area (Å²) < 4.78 is 11.1. The first-order chi connectivity index (χ1) is 16.4. The lowest BCUT2D eigenvalue weighted by Gasteiger charge is -2.33. The number of carbonyl (C=O) groups is 2. The minimum Gasteiger partial charge on any atom is -0.484 e. The molecule has 0 fully saturated rings. The van der Waals surface area contributed by atoms with Crippen molar-refractivity contribution in [1.29, 1.82) is 0 Å². The van der Waals surface area contributed by atoms with Gasteiger partial charge in [0.05, 0.1) is 23.9 Å². The quantitative estimate of drug-likeness (QED) is 0.513. The van der Waals surface area contributed by atoms with Crippen molar-refractivity contribution in [2.45, 2.75) is 26.8 Å². The van der Waals surface area contributed by atoms with Gasteiger partial charge in [0.25, 0.3) is 5.91 Å². The standard InChI is InChI=1S/C25H24ClN3O4S/c1-4-32-24(31)22-16(3)27-25-29(10-11-34-25)23(22)17-6-5-7-19(12-17)33-14-21(30)28-20-13-18(26)9-8-15(20)2/h5-13,23H,4,14H2,1-3H3,(H,28,30)/t23-/m1/s1. The summed E-state index contributed by atoms with van der Waals surface area (Å²) in [5.41, 5.74) is 3.46. The molecule has 2 aliphatic rings. The third-order valence-corrected chi connectivity index (χ3v) is 6.34. The lowest BCUT2D eigenvalue weighted by molar-refractivity contribution is -0.139. The highest BCUT2D eigenvalue weighted by molar-refractivity contribution is 8.16. The number of esters is 1. The van der Waals surface area contributed by atoms with Crippen LogP contribution >= 0.6 is 23.4 Å². The van der Waals surface area contributed by atoms with Gasteiger partial charge in [-0.1, -0.05) is 41.6 Å². The number of nitrogens with one attached hydrogen (secondary N) is 1. The first-order valence-electron chi connectivity index (χ1n) is 10.7. The zero-order chi connectivity index (χ0) is 24.2. The van der Waals surface area contributed by atoms with Crippen molar-refractivity contribution in [2.24, 2.45) is 4.99 Å². The van der Waals surface area contributed by atoms with Crippen LogP contribution in [0.25, 0.3) is 0 Å². The van der Waals surface area contributed by atoms with Crippen molar-refractivity contribution in [2.75, 3.05) is 18.5 Å². The molecule has 4 rings (SSSR count). The van der Waals surface area contributed by atoms with E-state index in [-0.39, 0.29) is 19.1 Å². The number of allylic oxidation sites excluding steroid dienone is 1. The number of nitrogens with zero attached hydrogens (tertiary/aromatic N) is 2. The van der Waals surface area contributed by atoms with Gasteiger partial charge < -0.3 is 19.7 Å². The molecule has 1 atom stereocenters. The number of carbonyl (C=O) groups excluding carboxylic acids is 2. The number of hydrogen-bond donors (Lipinski definition) is 1. The van der Waals surface area contributed by atoms with E-state index in [0.29, 0.717) is 27.7 Å². The third kappa shape index (κ3) is 5.13. The van der Waals surface area contributed by atoms with Crippen LogP contribution in [0, 0.1) is 6.92 Å². The van der Waals surface area contributed by atoms with Gasteiger partial charge in [0.15, 0.2) is 11.8 Å². The van der Waals surface area contributed by atoms with E-state index in [0.717, 1.165) is 16.3 Å². The average Bonchev–Trinajstić information content (AvgIpc) is 3.27. The van der Waals surface area contributed by atoms with Gasteiger partial charge in [-0.3, -0.25) is 4.79 Å². The Balaban J connectivity index is 1.53. The van der Waals surface area contributed by atoms with Crippen molar-refractivity contribution in [1.82, 2.24) is 4.90 Å². The molecule has 0 bridgehead atoms. The van der Waals surface area contributed by atoms with Gasteiger partial charge in [-0.15, -0.1) is 0 Å². The van der Waals surface area contributed by atoms with Crippen LogP contribution in [-0.2, 0) is 14.3 Å². The Morgan fingerprint density at radius 2 is 2.03 bits per heavy atom. The molecule has 0 radical (unpaired) electrons. The number of thioether (sulfide) groups is 1. The fraction of sp³-hybridized carbons (Fsp3) is 0.240. The molecule has 0 spiro atoms. The lowest BCUT2D eigenvalue weighted by Crippen LogP contribution is -2.34. The number of anilines is 1. The second-order valence-corrected chi connectivity index (χ2v) is 9.00. The Bertz CT molecular complexity index is 1220. The minimum absolute atomic E-state index is 0.175. The first-order valence-corrected chi connectivity index (χ1v) is 12.0. The number of halogens is 1. The molecule has 176 valence electrons. The highest BCUT2D eigenvalue weighted by atomic mass is 35.5. The molecule has 2 heterocycles. The zero-order valence-corrected chi connectivity index (χ0v) is 20.6. The van der Waals surface area contributed by atoms with E-state index < -0.39 is 12.0 Å². The molecule has 9 heteroatoms. The number of benzene rings is 2. The Morgan fingerprint density at radius 1 is 1.21 bits per heavy atom. The number of ether oxygens (including phenoxy) is 2. The molecule has 1 N–H and O–H groups in total. The maximum Gasteiger partial charge on any atom is 0.338 e. The molecule has 2 aromatic carbocycles. The molecular weight excluding hydrogens is 474 g/mol. The molecule has 34 heavy (non-hydrogen) atoms. The van der Waals surface area contributed by atoms with Crippen LogP contribution in [0.1, 0.15) is 31.0 Å². The van der Waals surface area contributed by atoms with Gasteiger partial charge in [-0.25, -0.2) is 9.79 Å². The van der Waals surface area contributed by atoms with Gasteiger partial charge in [0.2, 0.25) is 0 Å². The normalized spacial score (nSPS) is 16.8. The summed E-state index contributed by atoms with van der Waals surface area (Å²) >= 11 is 7.52. The largest absolute Gasteiger partial charge is 0.484 e. The predicted octanol–water partition coefficient (Wildman–Crippen LogP) is 5.43. The van der Waals surface area contributed by atoms with Gasteiger partial charge >= 0.3 is 5.97 Å². The first kappa shape index (κ1) is 23.9. The van der Waals surface area contributed by atoms with Gasteiger partial charge in [-0.05, 0) is 61.6 Å². The van der Waals surface area contributed by atoms with Crippen molar-refractivity contribution in [3.05, 3.63) is 81.5 Å². The molecule has 0 unspecified atom stereocenters. The van der Waals surface area contributed by atoms with Crippen molar-refractivity contribution >= 4 is 46.1 Å². The van der Waals surface area contributed by atoms with Crippen LogP contribution in [0.4, 0.5) is 5.69 Å². The maximum absolute atomic E-state index is 12.8. The van der Waals surface area contributed by atoms with E-state index in [4.69, 9.17) is 21.1 Å². The molecule has 0 aromatic heterocycles. The van der Waals surface area contributed by atoms with E-state index in [1.54, 1.807) is 25.1 Å². The molecule has 0 aliphatic carbocycles. The van der Waals surface area contributed by atoms with Crippen LogP contribution in [0.2, 0.25) is 5.02 Å². The number of amides is 1. The van der Waals surface area contributed by atoms with Gasteiger partial charge in [0, 0.05) is 16.9 Å². The molecule has 7 nitrogen and oxygen atoms in total. The molecule has 2 aromatic rings. The number of amidine groups is 1. The second-order valence-electron chi connectivity index (χ2n) is 7.70. The smallest absolute Gasteiger partial charge is 0.338 e. The summed E-state index contributed by atoms with van der Waals surface area (Å²) in [5.74, 6) is -0.193. The summed E-state index contributed by atoms with van der Waals surface area (Å²) in [6.07, 6.45) is 1.90. The SMILES string of the molecule is CCOC(=O)C1=C(C)N=C2SC=CN2[C@@H]1c1cccc(OCC(=O)Nc2cc(Cl)ccc2C)c1. The summed E-state index contributed by atoms with van der Waals surface area (Å²) in [6, 6.07) is 12.2.